The summed E-state index contributed by atoms with van der Waals surface area (Å²) >= 11 is 6.22. The number of nitrogens with one attached hydrogen (secondary N) is 1. The summed E-state index contributed by atoms with van der Waals surface area (Å²) in [7, 11) is 0. The molecule has 1 heterocycles. The SMILES string of the molecule is C/C(=C\c1cccc(-c2c(CC(=O)Nc3ccc(F)cc3C(F)(F)F)c(=O)oc3cc(Cl)c(C)cc23)c1)C(=O)O. The van der Waals surface area contributed by atoms with E-state index < -0.39 is 47.2 Å². The van der Waals surface area contributed by atoms with Gasteiger partial charge in [0.05, 0.1) is 23.2 Å². The number of hydrogen-bond acceptors (Lipinski definition) is 4. The second-order valence-electron chi connectivity index (χ2n) is 9.01. The maximum absolute atomic E-state index is 13.5. The van der Waals surface area contributed by atoms with Gasteiger partial charge in [0.1, 0.15) is 11.4 Å². The molecule has 0 fully saturated rings. The normalized spacial score (nSPS) is 12.0. The number of hydrogen-bond donors (Lipinski definition) is 2. The van der Waals surface area contributed by atoms with Crippen LogP contribution < -0.4 is 10.9 Å². The lowest BCUT2D eigenvalue weighted by molar-refractivity contribution is -0.137. The highest BCUT2D eigenvalue weighted by molar-refractivity contribution is 6.32. The molecular formula is C29H20ClF4NO5. The zero-order valence-corrected chi connectivity index (χ0v) is 21.7. The lowest BCUT2D eigenvalue weighted by Gasteiger charge is -2.16. The fourth-order valence-corrected chi connectivity index (χ4v) is 4.32. The Bertz CT molecular complexity index is 1760. The summed E-state index contributed by atoms with van der Waals surface area (Å²) < 4.78 is 59.3. The minimum absolute atomic E-state index is 0.0524. The summed E-state index contributed by atoms with van der Waals surface area (Å²) in [4.78, 5) is 37.4. The van der Waals surface area contributed by atoms with Crippen LogP contribution in [0.4, 0.5) is 23.2 Å². The molecule has 0 spiro atoms. The molecule has 0 aliphatic heterocycles. The quantitative estimate of drug-likeness (QED) is 0.144. The molecule has 0 unspecified atom stereocenters. The number of carbonyl (C=O) groups excluding carboxylic acids is 1. The summed E-state index contributed by atoms with van der Waals surface area (Å²) in [5, 5.41) is 12.1. The Morgan fingerprint density at radius 2 is 1.82 bits per heavy atom. The highest BCUT2D eigenvalue weighted by Crippen LogP contribution is 2.37. The summed E-state index contributed by atoms with van der Waals surface area (Å²) in [5.41, 5.74) is -1.17. The Morgan fingerprint density at radius 3 is 2.50 bits per heavy atom. The van der Waals surface area contributed by atoms with Gasteiger partial charge >= 0.3 is 17.8 Å². The summed E-state index contributed by atoms with van der Waals surface area (Å²) in [6.07, 6.45) is -4.21. The Hall–Kier alpha value is -4.44. The minimum Gasteiger partial charge on any atom is -0.478 e. The van der Waals surface area contributed by atoms with Gasteiger partial charge in [0.2, 0.25) is 5.91 Å². The average Bonchev–Trinajstić information content (AvgIpc) is 2.86. The molecule has 206 valence electrons. The fourth-order valence-electron chi connectivity index (χ4n) is 4.17. The molecule has 0 bridgehead atoms. The number of fused-ring (bicyclic) bond motifs is 1. The first-order valence-corrected chi connectivity index (χ1v) is 12.1. The van der Waals surface area contributed by atoms with Crippen LogP contribution in [0.1, 0.15) is 29.2 Å². The second-order valence-corrected chi connectivity index (χ2v) is 9.42. The predicted octanol–water partition coefficient (Wildman–Crippen LogP) is 7.25. The second kappa shape index (κ2) is 11.0. The number of carboxylic acids is 1. The van der Waals surface area contributed by atoms with Gasteiger partial charge in [-0.2, -0.15) is 13.2 Å². The van der Waals surface area contributed by atoms with Crippen LogP contribution in [0.25, 0.3) is 28.2 Å². The molecule has 1 aromatic heterocycles. The smallest absolute Gasteiger partial charge is 0.418 e. The number of alkyl halides is 3. The van der Waals surface area contributed by atoms with Crippen molar-refractivity contribution in [1.82, 2.24) is 0 Å². The molecule has 4 aromatic rings. The molecule has 40 heavy (non-hydrogen) atoms. The van der Waals surface area contributed by atoms with Crippen LogP contribution in [0.5, 0.6) is 0 Å². The van der Waals surface area contributed by atoms with Gasteiger partial charge in [0.25, 0.3) is 0 Å². The third kappa shape index (κ3) is 6.07. The molecule has 1 amide bonds. The molecule has 3 aromatic carbocycles. The topological polar surface area (TPSA) is 96.6 Å². The van der Waals surface area contributed by atoms with Crippen LogP contribution >= 0.6 is 11.6 Å². The highest BCUT2D eigenvalue weighted by Gasteiger charge is 2.34. The van der Waals surface area contributed by atoms with E-state index >= 15 is 0 Å². The Labute approximate surface area is 229 Å². The maximum atomic E-state index is 13.5. The third-order valence-electron chi connectivity index (χ3n) is 6.08. The van der Waals surface area contributed by atoms with Gasteiger partial charge in [-0.05, 0) is 66.9 Å². The number of aliphatic carboxylic acids is 1. The van der Waals surface area contributed by atoms with Crippen molar-refractivity contribution >= 4 is 46.2 Å². The summed E-state index contributed by atoms with van der Waals surface area (Å²) in [6, 6.07) is 11.4. The van der Waals surface area contributed by atoms with Crippen molar-refractivity contribution in [3.05, 3.63) is 104 Å². The van der Waals surface area contributed by atoms with Crippen molar-refractivity contribution in [3.8, 4) is 11.1 Å². The van der Waals surface area contributed by atoms with Gasteiger partial charge in [-0.15, -0.1) is 0 Å². The lowest BCUT2D eigenvalue weighted by atomic mass is 9.93. The number of carbonyl (C=O) groups is 2. The molecule has 4 rings (SSSR count). The van der Waals surface area contributed by atoms with Crippen LogP contribution in [0, 0.1) is 12.7 Å². The number of rotatable bonds is 6. The molecule has 0 saturated heterocycles. The van der Waals surface area contributed by atoms with Gasteiger partial charge in [0.15, 0.2) is 0 Å². The highest BCUT2D eigenvalue weighted by atomic mass is 35.5. The molecular weight excluding hydrogens is 554 g/mol. The fraction of sp³-hybridized carbons (Fsp3) is 0.138. The summed E-state index contributed by atoms with van der Waals surface area (Å²) in [6.45, 7) is 3.12. The molecule has 0 atom stereocenters. The first kappa shape index (κ1) is 28.6. The molecule has 0 radical (unpaired) electrons. The number of amides is 1. The van der Waals surface area contributed by atoms with E-state index in [1.807, 2.05) is 0 Å². The van der Waals surface area contributed by atoms with Crippen LogP contribution in [-0.4, -0.2) is 17.0 Å². The molecule has 0 aliphatic carbocycles. The molecule has 0 aliphatic rings. The Kier molecular flexibility index (Phi) is 7.84. The van der Waals surface area contributed by atoms with Gasteiger partial charge in [-0.1, -0.05) is 29.8 Å². The number of benzene rings is 3. The van der Waals surface area contributed by atoms with Crippen molar-refractivity contribution in [2.24, 2.45) is 0 Å². The first-order chi connectivity index (χ1) is 18.7. The van der Waals surface area contributed by atoms with Gasteiger partial charge < -0.3 is 14.8 Å². The Morgan fingerprint density at radius 1 is 1.10 bits per heavy atom. The van der Waals surface area contributed by atoms with Crippen LogP contribution in [-0.2, 0) is 22.2 Å². The van der Waals surface area contributed by atoms with Crippen molar-refractivity contribution in [3.63, 3.8) is 0 Å². The van der Waals surface area contributed by atoms with Crippen LogP contribution in [0.15, 0.2) is 69.4 Å². The van der Waals surface area contributed by atoms with E-state index in [2.05, 4.69) is 5.32 Å². The van der Waals surface area contributed by atoms with Gasteiger partial charge in [-0.25, -0.2) is 14.0 Å². The van der Waals surface area contributed by atoms with E-state index in [1.165, 1.54) is 19.1 Å². The monoisotopic (exact) mass is 573 g/mol. The van der Waals surface area contributed by atoms with Crippen LogP contribution in [0.2, 0.25) is 5.02 Å². The zero-order chi connectivity index (χ0) is 29.4. The largest absolute Gasteiger partial charge is 0.478 e. The van der Waals surface area contributed by atoms with E-state index in [1.54, 1.807) is 37.3 Å². The number of halogens is 5. The average molecular weight is 574 g/mol. The standard InChI is InChI=1S/C29H20ClF4NO5/c1-14-9-19-24(13-22(14)30)40-28(39)20(26(19)17-5-3-4-16(10-17)8-15(2)27(37)38)12-25(36)35-23-7-6-18(31)11-21(23)29(32,33)34/h3-11,13H,12H2,1-2H3,(H,35,36)(H,37,38)/b15-8+. The molecule has 0 saturated carbocycles. The van der Waals surface area contributed by atoms with E-state index in [-0.39, 0.29) is 28.3 Å². The van der Waals surface area contributed by atoms with E-state index in [0.717, 1.165) is 12.1 Å². The number of carboxylic acid groups (broad SMARTS) is 1. The summed E-state index contributed by atoms with van der Waals surface area (Å²) in [5.74, 6) is -3.24. The Balaban J connectivity index is 1.87. The van der Waals surface area contributed by atoms with Gasteiger partial charge in [-0.3, -0.25) is 4.79 Å². The van der Waals surface area contributed by atoms with Gasteiger partial charge in [0, 0.05) is 27.6 Å². The van der Waals surface area contributed by atoms with E-state index in [4.69, 9.17) is 16.0 Å². The lowest BCUT2D eigenvalue weighted by Crippen LogP contribution is -2.22. The van der Waals surface area contributed by atoms with E-state index in [9.17, 15) is 37.1 Å². The predicted molar refractivity (Wildman–Crippen MR) is 143 cm³/mol. The first-order valence-electron chi connectivity index (χ1n) is 11.7. The number of aryl methyl sites for hydroxylation is 1. The minimum atomic E-state index is -4.95. The van der Waals surface area contributed by atoms with Crippen molar-refractivity contribution < 1.29 is 36.7 Å². The van der Waals surface area contributed by atoms with Crippen molar-refractivity contribution in [1.29, 1.82) is 0 Å². The van der Waals surface area contributed by atoms with Crippen LogP contribution in [0.3, 0.4) is 0 Å². The molecule has 6 nitrogen and oxygen atoms in total. The van der Waals surface area contributed by atoms with E-state index in [0.29, 0.717) is 27.1 Å². The van der Waals surface area contributed by atoms with Crippen molar-refractivity contribution in [2.45, 2.75) is 26.4 Å². The third-order valence-corrected chi connectivity index (χ3v) is 6.48. The molecule has 11 heteroatoms. The zero-order valence-electron chi connectivity index (χ0n) is 21.0. The maximum Gasteiger partial charge on any atom is 0.418 e. The van der Waals surface area contributed by atoms with Crippen molar-refractivity contribution in [2.75, 3.05) is 5.32 Å². The molecule has 2 N–H and O–H groups in total. The number of anilines is 1.